The van der Waals surface area contributed by atoms with E-state index in [9.17, 15) is 9.18 Å². The maximum Gasteiger partial charge on any atom is 0.256 e. The summed E-state index contributed by atoms with van der Waals surface area (Å²) in [5.74, 6) is -0.745. The summed E-state index contributed by atoms with van der Waals surface area (Å²) >= 11 is 6.15. The molecular weight excluding hydrogens is 291 g/mol. The Bertz CT molecular complexity index is 675. The number of carbonyl (C=O) groups is 1. The molecule has 0 spiro atoms. The van der Waals surface area contributed by atoms with Crippen molar-refractivity contribution >= 4 is 23.2 Å². The lowest BCUT2D eigenvalue weighted by molar-refractivity contribution is 0.0744. The van der Waals surface area contributed by atoms with Gasteiger partial charge in [0.2, 0.25) is 0 Å². The molecule has 5 heteroatoms. The minimum absolute atomic E-state index is 0.123. The first-order valence-electron chi connectivity index (χ1n) is 6.48. The van der Waals surface area contributed by atoms with Gasteiger partial charge in [-0.3, -0.25) is 4.79 Å². The molecule has 0 saturated heterocycles. The number of carbonyl (C=O) groups excluding carboxylic acids is 1. The normalized spacial score (nSPS) is 12.0. The van der Waals surface area contributed by atoms with E-state index in [2.05, 4.69) is 0 Å². The second kappa shape index (κ2) is 6.14. The molecule has 1 unspecified atom stereocenters. The van der Waals surface area contributed by atoms with Gasteiger partial charge in [-0.25, -0.2) is 4.39 Å². The highest BCUT2D eigenvalue weighted by Crippen LogP contribution is 2.28. The Morgan fingerprint density at radius 3 is 2.57 bits per heavy atom. The maximum atomic E-state index is 13.1. The Kier molecular flexibility index (Phi) is 4.48. The molecule has 3 nitrogen and oxygen atoms in total. The van der Waals surface area contributed by atoms with Crippen LogP contribution in [0.4, 0.5) is 10.1 Å². The van der Waals surface area contributed by atoms with Crippen molar-refractivity contribution in [2.24, 2.45) is 0 Å². The predicted octanol–water partition coefficient (Wildman–Crippen LogP) is 3.89. The van der Waals surface area contributed by atoms with E-state index in [0.29, 0.717) is 5.02 Å². The minimum atomic E-state index is -0.467. The molecule has 21 heavy (non-hydrogen) atoms. The fourth-order valence-corrected chi connectivity index (χ4v) is 2.41. The Labute approximate surface area is 128 Å². The molecule has 2 N–H and O–H groups in total. The Morgan fingerprint density at radius 1 is 1.29 bits per heavy atom. The third kappa shape index (κ3) is 3.16. The zero-order chi connectivity index (χ0) is 15.6. The number of nitrogen functional groups attached to an aromatic ring is 1. The average molecular weight is 307 g/mol. The van der Waals surface area contributed by atoms with E-state index in [1.54, 1.807) is 13.1 Å². The smallest absolute Gasteiger partial charge is 0.256 e. The minimum Gasteiger partial charge on any atom is -0.398 e. The van der Waals surface area contributed by atoms with E-state index in [4.69, 9.17) is 17.3 Å². The second-order valence-corrected chi connectivity index (χ2v) is 5.25. The molecule has 1 amide bonds. The van der Waals surface area contributed by atoms with Crippen molar-refractivity contribution in [2.75, 3.05) is 12.8 Å². The summed E-state index contributed by atoms with van der Waals surface area (Å²) in [6.45, 7) is 1.87. The number of rotatable bonds is 3. The largest absolute Gasteiger partial charge is 0.398 e. The third-order valence-corrected chi connectivity index (χ3v) is 3.84. The Balaban J connectivity index is 2.29. The van der Waals surface area contributed by atoms with Crippen molar-refractivity contribution < 1.29 is 9.18 Å². The van der Waals surface area contributed by atoms with Crippen LogP contribution < -0.4 is 5.73 Å². The number of hydrogen-bond acceptors (Lipinski definition) is 2. The Morgan fingerprint density at radius 2 is 1.95 bits per heavy atom. The van der Waals surface area contributed by atoms with Crippen LogP contribution in [0.3, 0.4) is 0 Å². The maximum absolute atomic E-state index is 13.1. The van der Waals surface area contributed by atoms with Gasteiger partial charge in [0.25, 0.3) is 5.91 Å². The SMILES string of the molecule is CC(c1ccccc1Cl)N(C)C(=O)c1ccc(F)cc1N. The molecule has 0 aliphatic carbocycles. The zero-order valence-corrected chi connectivity index (χ0v) is 12.6. The summed E-state index contributed by atoms with van der Waals surface area (Å²) in [6, 6.07) is 10.9. The highest BCUT2D eigenvalue weighted by molar-refractivity contribution is 6.31. The number of benzene rings is 2. The molecule has 0 radical (unpaired) electrons. The van der Waals surface area contributed by atoms with Gasteiger partial charge in [0.15, 0.2) is 0 Å². The molecule has 2 aromatic rings. The number of nitrogens with two attached hydrogens (primary N) is 1. The molecule has 1 atom stereocenters. The van der Waals surface area contributed by atoms with Gasteiger partial charge in [0, 0.05) is 17.8 Å². The van der Waals surface area contributed by atoms with Gasteiger partial charge in [-0.2, -0.15) is 0 Å². The van der Waals surface area contributed by atoms with Crippen molar-refractivity contribution in [3.63, 3.8) is 0 Å². The molecule has 0 bridgehead atoms. The van der Waals surface area contributed by atoms with Crippen LogP contribution in [0.15, 0.2) is 42.5 Å². The van der Waals surface area contributed by atoms with Crippen LogP contribution in [0.1, 0.15) is 28.9 Å². The van der Waals surface area contributed by atoms with Crippen LogP contribution in [0, 0.1) is 5.82 Å². The van der Waals surface area contributed by atoms with E-state index in [1.807, 2.05) is 25.1 Å². The zero-order valence-electron chi connectivity index (χ0n) is 11.8. The summed E-state index contributed by atoms with van der Waals surface area (Å²) in [5, 5.41) is 0.594. The van der Waals surface area contributed by atoms with Crippen molar-refractivity contribution in [2.45, 2.75) is 13.0 Å². The van der Waals surface area contributed by atoms with Gasteiger partial charge in [0.05, 0.1) is 11.6 Å². The third-order valence-electron chi connectivity index (χ3n) is 3.50. The molecule has 2 aromatic carbocycles. The van der Waals surface area contributed by atoms with Crippen LogP contribution in [-0.4, -0.2) is 17.9 Å². The fourth-order valence-electron chi connectivity index (χ4n) is 2.12. The van der Waals surface area contributed by atoms with Crippen LogP contribution >= 0.6 is 11.6 Å². The van der Waals surface area contributed by atoms with Crippen LogP contribution in [-0.2, 0) is 0 Å². The van der Waals surface area contributed by atoms with E-state index in [0.717, 1.165) is 11.6 Å². The summed E-state index contributed by atoms with van der Waals surface area (Å²) in [4.78, 5) is 14.0. The standard InChI is InChI=1S/C16H16ClFN2O/c1-10(12-5-3-4-6-14(12)17)20(2)16(21)13-8-7-11(18)9-15(13)19/h3-10H,19H2,1-2H3. The van der Waals surface area contributed by atoms with Gasteiger partial charge < -0.3 is 10.6 Å². The number of amides is 1. The molecule has 110 valence electrons. The van der Waals surface area contributed by atoms with Gasteiger partial charge in [-0.1, -0.05) is 29.8 Å². The lowest BCUT2D eigenvalue weighted by Crippen LogP contribution is -2.30. The molecule has 0 heterocycles. The fraction of sp³-hybridized carbons (Fsp3) is 0.188. The van der Waals surface area contributed by atoms with Crippen molar-refractivity contribution in [1.82, 2.24) is 4.90 Å². The molecule has 0 aliphatic rings. The van der Waals surface area contributed by atoms with Crippen LogP contribution in [0.25, 0.3) is 0 Å². The van der Waals surface area contributed by atoms with E-state index >= 15 is 0 Å². The summed E-state index contributed by atoms with van der Waals surface area (Å²) in [7, 11) is 1.67. The number of nitrogens with zero attached hydrogens (tertiary/aromatic N) is 1. The second-order valence-electron chi connectivity index (χ2n) is 4.85. The first-order chi connectivity index (χ1) is 9.91. The molecule has 0 fully saturated rings. The quantitative estimate of drug-likeness (QED) is 0.874. The lowest BCUT2D eigenvalue weighted by atomic mass is 10.1. The summed E-state index contributed by atoms with van der Waals surface area (Å²) in [5.41, 5.74) is 6.96. The number of anilines is 1. The molecular formula is C16H16ClFN2O. The summed E-state index contributed by atoms with van der Waals surface area (Å²) < 4.78 is 13.1. The van der Waals surface area contributed by atoms with E-state index < -0.39 is 5.82 Å². The van der Waals surface area contributed by atoms with Crippen molar-refractivity contribution in [1.29, 1.82) is 0 Å². The Hall–Kier alpha value is -2.07. The highest BCUT2D eigenvalue weighted by Gasteiger charge is 2.22. The topological polar surface area (TPSA) is 46.3 Å². The number of halogens is 2. The predicted molar refractivity (Wildman–Crippen MR) is 82.8 cm³/mol. The van der Waals surface area contributed by atoms with Gasteiger partial charge in [0.1, 0.15) is 5.82 Å². The van der Waals surface area contributed by atoms with Gasteiger partial charge >= 0.3 is 0 Å². The monoisotopic (exact) mass is 306 g/mol. The van der Waals surface area contributed by atoms with E-state index in [-0.39, 0.29) is 23.2 Å². The molecule has 0 saturated carbocycles. The highest BCUT2D eigenvalue weighted by atomic mass is 35.5. The van der Waals surface area contributed by atoms with E-state index in [1.165, 1.54) is 17.0 Å². The van der Waals surface area contributed by atoms with Crippen LogP contribution in [0.2, 0.25) is 5.02 Å². The first kappa shape index (κ1) is 15.3. The van der Waals surface area contributed by atoms with Crippen molar-refractivity contribution in [3.05, 3.63) is 64.4 Å². The molecule has 0 aromatic heterocycles. The van der Waals surface area contributed by atoms with Gasteiger partial charge in [-0.15, -0.1) is 0 Å². The number of hydrogen-bond donors (Lipinski definition) is 1. The van der Waals surface area contributed by atoms with Crippen LogP contribution in [0.5, 0.6) is 0 Å². The van der Waals surface area contributed by atoms with Crippen molar-refractivity contribution in [3.8, 4) is 0 Å². The summed E-state index contributed by atoms with van der Waals surface area (Å²) in [6.07, 6.45) is 0. The first-order valence-corrected chi connectivity index (χ1v) is 6.86. The molecule has 0 aliphatic heterocycles. The lowest BCUT2D eigenvalue weighted by Gasteiger charge is -2.26. The van der Waals surface area contributed by atoms with Gasteiger partial charge in [-0.05, 0) is 36.8 Å². The molecule has 2 rings (SSSR count). The average Bonchev–Trinajstić information content (AvgIpc) is 2.45.